The first-order chi connectivity index (χ1) is 11.1. The maximum atomic E-state index is 12.0. The molecule has 0 aliphatic carbocycles. The molecule has 0 aromatic heterocycles. The van der Waals surface area contributed by atoms with Crippen molar-refractivity contribution in [2.75, 3.05) is 7.11 Å². The van der Waals surface area contributed by atoms with Crippen LogP contribution < -0.4 is 10.1 Å². The molecule has 1 saturated heterocycles. The molecule has 116 valence electrons. The fraction of sp³-hybridized carbons (Fsp3) is 0.0588. The number of benzene rings is 2. The highest BCUT2D eigenvalue weighted by Crippen LogP contribution is 2.28. The minimum absolute atomic E-state index is 0.155. The molecule has 1 aliphatic rings. The lowest BCUT2D eigenvalue weighted by Crippen LogP contribution is -2.19. The third-order valence-electron chi connectivity index (χ3n) is 3.12. The van der Waals surface area contributed by atoms with Gasteiger partial charge in [0.25, 0.3) is 5.91 Å². The Morgan fingerprint density at radius 2 is 1.83 bits per heavy atom. The Morgan fingerprint density at radius 3 is 2.48 bits per heavy atom. The lowest BCUT2D eigenvalue weighted by atomic mass is 10.2. The number of aliphatic imine (C=N–C) groups is 1. The van der Waals surface area contributed by atoms with Crippen LogP contribution in [-0.2, 0) is 4.79 Å². The first kappa shape index (κ1) is 15.6. The Bertz CT molecular complexity index is 783. The van der Waals surface area contributed by atoms with Crippen LogP contribution >= 0.6 is 23.4 Å². The number of carbonyl (C=O) groups excluding carboxylic acids is 1. The molecule has 1 fully saturated rings. The normalized spacial score (nSPS) is 17.6. The van der Waals surface area contributed by atoms with Gasteiger partial charge in [-0.05, 0) is 59.8 Å². The molecule has 1 amide bonds. The van der Waals surface area contributed by atoms with E-state index in [0.717, 1.165) is 17.0 Å². The molecule has 3 rings (SSSR count). The average Bonchev–Trinajstić information content (AvgIpc) is 2.90. The van der Waals surface area contributed by atoms with Crippen molar-refractivity contribution in [3.63, 3.8) is 0 Å². The topological polar surface area (TPSA) is 50.7 Å². The number of nitrogens with one attached hydrogen (secondary N) is 1. The van der Waals surface area contributed by atoms with Crippen molar-refractivity contribution >= 4 is 46.2 Å². The third-order valence-corrected chi connectivity index (χ3v) is 4.28. The number of carbonyl (C=O) groups is 1. The zero-order valence-electron chi connectivity index (χ0n) is 12.2. The molecule has 0 unspecified atom stereocenters. The number of hydrogen-bond acceptors (Lipinski definition) is 4. The maximum absolute atomic E-state index is 12.0. The molecule has 0 saturated carbocycles. The van der Waals surface area contributed by atoms with Crippen LogP contribution in [0.4, 0.5) is 5.69 Å². The number of halogens is 1. The molecular weight excluding hydrogens is 332 g/mol. The van der Waals surface area contributed by atoms with Crippen LogP contribution in [-0.4, -0.2) is 18.2 Å². The van der Waals surface area contributed by atoms with Gasteiger partial charge in [-0.25, -0.2) is 4.99 Å². The molecule has 0 radical (unpaired) electrons. The van der Waals surface area contributed by atoms with Gasteiger partial charge in [-0.3, -0.25) is 4.79 Å². The summed E-state index contributed by atoms with van der Waals surface area (Å²) in [4.78, 5) is 17.0. The maximum Gasteiger partial charge on any atom is 0.264 e. The molecule has 6 heteroatoms. The Kier molecular flexibility index (Phi) is 4.69. The molecule has 0 bridgehead atoms. The summed E-state index contributed by atoms with van der Waals surface area (Å²) in [5.74, 6) is 0.609. The second kappa shape index (κ2) is 6.89. The summed E-state index contributed by atoms with van der Waals surface area (Å²) < 4.78 is 5.11. The number of rotatable bonds is 3. The van der Waals surface area contributed by atoms with Crippen LogP contribution in [0.5, 0.6) is 5.75 Å². The number of amides is 1. The Morgan fingerprint density at radius 1 is 1.13 bits per heavy atom. The van der Waals surface area contributed by atoms with E-state index in [9.17, 15) is 4.79 Å². The largest absolute Gasteiger partial charge is 0.497 e. The van der Waals surface area contributed by atoms with E-state index in [1.54, 1.807) is 19.2 Å². The summed E-state index contributed by atoms with van der Waals surface area (Å²) in [6.07, 6.45) is 1.81. The van der Waals surface area contributed by atoms with Crippen molar-refractivity contribution < 1.29 is 9.53 Å². The van der Waals surface area contributed by atoms with Gasteiger partial charge in [0.2, 0.25) is 0 Å². The molecule has 0 atom stereocenters. The van der Waals surface area contributed by atoms with Gasteiger partial charge in [-0.1, -0.05) is 23.7 Å². The second-order valence-corrected chi connectivity index (χ2v) is 6.20. The molecule has 2 aromatic rings. The monoisotopic (exact) mass is 344 g/mol. The van der Waals surface area contributed by atoms with E-state index in [-0.39, 0.29) is 5.91 Å². The van der Waals surface area contributed by atoms with Crippen LogP contribution in [0.15, 0.2) is 58.4 Å². The van der Waals surface area contributed by atoms with E-state index in [0.29, 0.717) is 15.1 Å². The summed E-state index contributed by atoms with van der Waals surface area (Å²) >= 11 is 7.17. The zero-order chi connectivity index (χ0) is 16.2. The fourth-order valence-corrected chi connectivity index (χ4v) is 2.93. The highest BCUT2D eigenvalue weighted by atomic mass is 35.5. The Labute approximate surface area is 143 Å². The van der Waals surface area contributed by atoms with E-state index in [4.69, 9.17) is 16.3 Å². The minimum atomic E-state index is -0.155. The van der Waals surface area contributed by atoms with Crippen molar-refractivity contribution in [1.29, 1.82) is 0 Å². The summed E-state index contributed by atoms with van der Waals surface area (Å²) in [5.41, 5.74) is 1.67. The molecular formula is C17H13ClN2O2S. The van der Waals surface area contributed by atoms with Gasteiger partial charge in [0.05, 0.1) is 17.7 Å². The molecule has 0 spiro atoms. The smallest absolute Gasteiger partial charge is 0.264 e. The van der Waals surface area contributed by atoms with Gasteiger partial charge in [0.15, 0.2) is 5.17 Å². The van der Waals surface area contributed by atoms with Crippen molar-refractivity contribution in [1.82, 2.24) is 5.32 Å². The fourth-order valence-electron chi connectivity index (χ4n) is 1.96. The molecule has 2 aromatic carbocycles. The van der Waals surface area contributed by atoms with Gasteiger partial charge in [-0.15, -0.1) is 0 Å². The number of methoxy groups -OCH3 is 1. The first-order valence-corrected chi connectivity index (χ1v) is 8.03. The van der Waals surface area contributed by atoms with Crippen LogP contribution in [0.2, 0.25) is 5.02 Å². The van der Waals surface area contributed by atoms with Crippen molar-refractivity contribution in [2.24, 2.45) is 4.99 Å². The van der Waals surface area contributed by atoms with Crippen LogP contribution in [0.3, 0.4) is 0 Å². The number of ether oxygens (including phenoxy) is 1. The highest BCUT2D eigenvalue weighted by Gasteiger charge is 2.23. The third kappa shape index (κ3) is 3.94. The van der Waals surface area contributed by atoms with Gasteiger partial charge in [0, 0.05) is 5.02 Å². The quantitative estimate of drug-likeness (QED) is 0.847. The van der Waals surface area contributed by atoms with Gasteiger partial charge >= 0.3 is 0 Å². The standard InChI is InChI=1S/C17H13ClN2O2S/c1-22-14-8-6-13(7-9-14)19-17-20-16(21)15(23-17)10-11-2-4-12(18)5-3-11/h2-10H,1H3,(H,19,20,21). The predicted molar refractivity (Wildman–Crippen MR) is 95.3 cm³/mol. The molecule has 1 heterocycles. The van der Waals surface area contributed by atoms with Crippen molar-refractivity contribution in [2.45, 2.75) is 0 Å². The number of thioether (sulfide) groups is 1. The number of hydrogen-bond donors (Lipinski definition) is 1. The number of amidine groups is 1. The molecule has 1 N–H and O–H groups in total. The SMILES string of the molecule is COc1ccc(N=C2NC(=O)C(=Cc3ccc(Cl)cc3)S2)cc1. The summed E-state index contributed by atoms with van der Waals surface area (Å²) in [6, 6.07) is 14.6. The van der Waals surface area contributed by atoms with E-state index >= 15 is 0 Å². The van der Waals surface area contributed by atoms with E-state index in [1.807, 2.05) is 42.5 Å². The van der Waals surface area contributed by atoms with E-state index < -0.39 is 0 Å². The van der Waals surface area contributed by atoms with E-state index in [2.05, 4.69) is 10.3 Å². The van der Waals surface area contributed by atoms with Crippen LogP contribution in [0, 0.1) is 0 Å². The molecule has 4 nitrogen and oxygen atoms in total. The second-order valence-electron chi connectivity index (χ2n) is 4.73. The zero-order valence-corrected chi connectivity index (χ0v) is 13.8. The van der Waals surface area contributed by atoms with Gasteiger partial charge in [0.1, 0.15) is 5.75 Å². The van der Waals surface area contributed by atoms with Crippen LogP contribution in [0.1, 0.15) is 5.56 Å². The number of nitrogens with zero attached hydrogens (tertiary/aromatic N) is 1. The molecule has 23 heavy (non-hydrogen) atoms. The van der Waals surface area contributed by atoms with Crippen molar-refractivity contribution in [3.05, 3.63) is 64.0 Å². The summed E-state index contributed by atoms with van der Waals surface area (Å²) in [7, 11) is 1.61. The summed E-state index contributed by atoms with van der Waals surface area (Å²) in [5, 5.41) is 3.98. The average molecular weight is 345 g/mol. The minimum Gasteiger partial charge on any atom is -0.497 e. The summed E-state index contributed by atoms with van der Waals surface area (Å²) in [6.45, 7) is 0. The predicted octanol–water partition coefficient (Wildman–Crippen LogP) is 4.24. The Hall–Kier alpha value is -2.24. The van der Waals surface area contributed by atoms with Gasteiger partial charge in [-0.2, -0.15) is 0 Å². The van der Waals surface area contributed by atoms with Gasteiger partial charge < -0.3 is 10.1 Å². The Balaban J connectivity index is 1.78. The molecule has 1 aliphatic heterocycles. The first-order valence-electron chi connectivity index (χ1n) is 6.83. The lowest BCUT2D eigenvalue weighted by molar-refractivity contribution is -0.115. The lowest BCUT2D eigenvalue weighted by Gasteiger charge is -1.99. The highest BCUT2D eigenvalue weighted by molar-refractivity contribution is 8.18. The van der Waals surface area contributed by atoms with Crippen molar-refractivity contribution in [3.8, 4) is 5.75 Å². The van der Waals surface area contributed by atoms with Crippen LogP contribution in [0.25, 0.3) is 6.08 Å². The van der Waals surface area contributed by atoms with E-state index in [1.165, 1.54) is 11.8 Å².